The lowest BCUT2D eigenvalue weighted by molar-refractivity contribution is -0.148. The highest BCUT2D eigenvalue weighted by Gasteiger charge is 2.39. The van der Waals surface area contributed by atoms with Crippen LogP contribution in [0.25, 0.3) is 0 Å². The number of rotatable bonds is 3. The second kappa shape index (κ2) is 5.57. The number of halogens is 3. The Morgan fingerprint density at radius 3 is 2.43 bits per heavy atom. The lowest BCUT2D eigenvalue weighted by Gasteiger charge is -2.34. The van der Waals surface area contributed by atoms with E-state index in [1.807, 2.05) is 0 Å². The summed E-state index contributed by atoms with van der Waals surface area (Å²) in [5, 5.41) is 10.4. The SMILES string of the molecule is CC(CNC(C)(C)C)N1CCn2c(nnc2C(F)(F)F)C1. The zero-order valence-electron chi connectivity index (χ0n) is 12.8. The first kappa shape index (κ1) is 16.2. The predicted molar refractivity (Wildman–Crippen MR) is 72.7 cm³/mol. The molecular weight excluding hydrogens is 283 g/mol. The summed E-state index contributed by atoms with van der Waals surface area (Å²) in [4.78, 5) is 2.13. The monoisotopic (exact) mass is 305 g/mol. The molecule has 1 aromatic rings. The first-order chi connectivity index (χ1) is 9.58. The molecule has 5 nitrogen and oxygen atoms in total. The van der Waals surface area contributed by atoms with Crippen LogP contribution in [0.1, 0.15) is 39.3 Å². The van der Waals surface area contributed by atoms with E-state index in [0.717, 1.165) is 6.54 Å². The molecule has 21 heavy (non-hydrogen) atoms. The van der Waals surface area contributed by atoms with Crippen molar-refractivity contribution in [1.29, 1.82) is 0 Å². The van der Waals surface area contributed by atoms with Crippen molar-refractivity contribution >= 4 is 0 Å². The number of aromatic nitrogens is 3. The lowest BCUT2D eigenvalue weighted by Crippen LogP contribution is -2.48. The number of nitrogens with zero attached hydrogens (tertiary/aromatic N) is 4. The lowest BCUT2D eigenvalue weighted by atomic mass is 10.1. The minimum absolute atomic E-state index is 0.0214. The molecule has 1 aromatic heterocycles. The largest absolute Gasteiger partial charge is 0.451 e. The summed E-state index contributed by atoms with van der Waals surface area (Å²) >= 11 is 0. The first-order valence-corrected chi connectivity index (χ1v) is 7.06. The van der Waals surface area contributed by atoms with E-state index in [-0.39, 0.29) is 18.1 Å². The van der Waals surface area contributed by atoms with Gasteiger partial charge in [-0.25, -0.2) is 0 Å². The second-order valence-electron chi connectivity index (χ2n) is 6.54. The maximum Gasteiger partial charge on any atom is 0.451 e. The zero-order valence-corrected chi connectivity index (χ0v) is 12.8. The van der Waals surface area contributed by atoms with Gasteiger partial charge in [-0.2, -0.15) is 13.2 Å². The van der Waals surface area contributed by atoms with Gasteiger partial charge in [0.2, 0.25) is 5.82 Å². The van der Waals surface area contributed by atoms with Gasteiger partial charge in [0.1, 0.15) is 5.82 Å². The molecule has 120 valence electrons. The van der Waals surface area contributed by atoms with Crippen LogP contribution in [0.5, 0.6) is 0 Å². The highest BCUT2D eigenvalue weighted by atomic mass is 19.4. The smallest absolute Gasteiger partial charge is 0.311 e. The number of nitrogens with one attached hydrogen (secondary N) is 1. The molecule has 1 aliphatic rings. The van der Waals surface area contributed by atoms with E-state index >= 15 is 0 Å². The maximum atomic E-state index is 12.8. The quantitative estimate of drug-likeness (QED) is 0.926. The molecule has 1 aliphatic heterocycles. The van der Waals surface area contributed by atoms with Gasteiger partial charge in [0.05, 0.1) is 6.54 Å². The van der Waals surface area contributed by atoms with E-state index < -0.39 is 12.0 Å². The molecule has 0 radical (unpaired) electrons. The first-order valence-electron chi connectivity index (χ1n) is 7.06. The summed E-state index contributed by atoms with van der Waals surface area (Å²) in [7, 11) is 0. The topological polar surface area (TPSA) is 46.0 Å². The third-order valence-electron chi connectivity index (χ3n) is 3.59. The van der Waals surface area contributed by atoms with Crippen molar-refractivity contribution in [2.75, 3.05) is 13.1 Å². The number of hydrogen-bond donors (Lipinski definition) is 1. The van der Waals surface area contributed by atoms with Crippen LogP contribution in [0.4, 0.5) is 13.2 Å². The van der Waals surface area contributed by atoms with Crippen LogP contribution in [-0.4, -0.2) is 44.3 Å². The van der Waals surface area contributed by atoms with Gasteiger partial charge >= 0.3 is 6.18 Å². The van der Waals surface area contributed by atoms with Gasteiger partial charge in [-0.05, 0) is 27.7 Å². The molecule has 0 saturated carbocycles. The molecule has 8 heteroatoms. The molecule has 1 atom stereocenters. The summed E-state index contributed by atoms with van der Waals surface area (Å²) in [6.07, 6.45) is -4.44. The van der Waals surface area contributed by atoms with Gasteiger partial charge in [-0.3, -0.25) is 4.90 Å². The minimum Gasteiger partial charge on any atom is -0.311 e. The Bertz CT molecular complexity index is 489. The van der Waals surface area contributed by atoms with E-state index in [4.69, 9.17) is 0 Å². The molecule has 0 bridgehead atoms. The number of hydrogen-bond acceptors (Lipinski definition) is 4. The average molecular weight is 305 g/mol. The molecule has 0 spiro atoms. The Hall–Kier alpha value is -1.15. The fourth-order valence-electron chi connectivity index (χ4n) is 2.35. The summed E-state index contributed by atoms with van der Waals surface area (Å²) in [6, 6.07) is 0.226. The van der Waals surface area contributed by atoms with Crippen molar-refractivity contribution in [1.82, 2.24) is 25.0 Å². The van der Waals surface area contributed by atoms with Crippen molar-refractivity contribution in [2.45, 2.75) is 58.5 Å². The third-order valence-corrected chi connectivity index (χ3v) is 3.59. The zero-order chi connectivity index (χ0) is 15.8. The van der Waals surface area contributed by atoms with Crippen molar-refractivity contribution < 1.29 is 13.2 Å². The van der Waals surface area contributed by atoms with E-state index in [2.05, 4.69) is 48.1 Å². The fourth-order valence-corrected chi connectivity index (χ4v) is 2.35. The molecule has 0 fully saturated rings. The maximum absolute atomic E-state index is 12.8. The molecule has 0 aromatic carbocycles. The molecular formula is C13H22F3N5. The molecule has 1 N–H and O–H groups in total. The van der Waals surface area contributed by atoms with Gasteiger partial charge in [-0.1, -0.05) is 0 Å². The van der Waals surface area contributed by atoms with Crippen molar-refractivity contribution in [3.63, 3.8) is 0 Å². The second-order valence-corrected chi connectivity index (χ2v) is 6.54. The number of fused-ring (bicyclic) bond motifs is 1. The van der Waals surface area contributed by atoms with E-state index in [0.29, 0.717) is 18.9 Å². The summed E-state index contributed by atoms with van der Waals surface area (Å²) in [5.41, 5.74) is 0.0214. The normalized spacial score (nSPS) is 18.6. The molecule has 0 aliphatic carbocycles. The Morgan fingerprint density at radius 2 is 1.86 bits per heavy atom. The van der Waals surface area contributed by atoms with Crippen LogP contribution in [0, 0.1) is 0 Å². The van der Waals surface area contributed by atoms with Crippen LogP contribution >= 0.6 is 0 Å². The Kier molecular flexibility index (Phi) is 4.30. The Labute approximate surface area is 122 Å². The highest BCUT2D eigenvalue weighted by Crippen LogP contribution is 2.29. The van der Waals surface area contributed by atoms with Gasteiger partial charge in [0.15, 0.2) is 0 Å². The van der Waals surface area contributed by atoms with E-state index in [1.165, 1.54) is 4.57 Å². The summed E-state index contributed by atoms with van der Waals surface area (Å²) in [5.74, 6) is -0.506. The third kappa shape index (κ3) is 3.94. The predicted octanol–water partition coefficient (Wildman–Crippen LogP) is 1.89. The van der Waals surface area contributed by atoms with Crippen LogP contribution in [0.2, 0.25) is 0 Å². The summed E-state index contributed by atoms with van der Waals surface area (Å²) < 4.78 is 39.5. The van der Waals surface area contributed by atoms with E-state index in [9.17, 15) is 13.2 Å². The van der Waals surface area contributed by atoms with Gasteiger partial charge in [0, 0.05) is 31.2 Å². The van der Waals surface area contributed by atoms with Crippen LogP contribution in [-0.2, 0) is 19.3 Å². The molecule has 2 rings (SSSR count). The van der Waals surface area contributed by atoms with Crippen molar-refractivity contribution in [2.24, 2.45) is 0 Å². The van der Waals surface area contributed by atoms with E-state index in [1.54, 1.807) is 0 Å². The Morgan fingerprint density at radius 1 is 1.19 bits per heavy atom. The van der Waals surface area contributed by atoms with Crippen molar-refractivity contribution in [3.8, 4) is 0 Å². The highest BCUT2D eigenvalue weighted by molar-refractivity contribution is 5.02. The van der Waals surface area contributed by atoms with Gasteiger partial charge < -0.3 is 9.88 Å². The van der Waals surface area contributed by atoms with Gasteiger partial charge in [-0.15, -0.1) is 10.2 Å². The number of alkyl halides is 3. The molecule has 0 saturated heterocycles. The summed E-state index contributed by atoms with van der Waals surface area (Å²) in [6.45, 7) is 10.3. The van der Waals surface area contributed by atoms with Crippen LogP contribution in [0.15, 0.2) is 0 Å². The van der Waals surface area contributed by atoms with Crippen LogP contribution in [0.3, 0.4) is 0 Å². The molecule has 2 heterocycles. The molecule has 1 unspecified atom stereocenters. The van der Waals surface area contributed by atoms with Crippen molar-refractivity contribution in [3.05, 3.63) is 11.6 Å². The fraction of sp³-hybridized carbons (Fsp3) is 0.846. The van der Waals surface area contributed by atoms with Crippen LogP contribution < -0.4 is 5.32 Å². The Balaban J connectivity index is 2.02. The average Bonchev–Trinajstić information content (AvgIpc) is 2.77. The minimum atomic E-state index is -4.44. The standard InChI is InChI=1S/C13H22F3N5/c1-9(7-17-12(2,3)4)20-5-6-21-10(8-20)18-19-11(21)13(14,15)16/h9,17H,5-8H2,1-4H3. The molecule has 0 amide bonds. The van der Waals surface area contributed by atoms with Gasteiger partial charge in [0.25, 0.3) is 0 Å².